The van der Waals surface area contributed by atoms with Crippen LogP contribution in [-0.4, -0.2) is 4.98 Å². The molecule has 1 aromatic heterocycles. The average Bonchev–Trinajstić information content (AvgIpc) is 2.36. The average molecular weight is 307 g/mol. The maximum absolute atomic E-state index is 12.9. The number of aromatic nitrogens is 1. The summed E-state index contributed by atoms with van der Waals surface area (Å²) >= 11 is 0. The van der Waals surface area contributed by atoms with Crippen LogP contribution in [0, 0.1) is 0 Å². The molecule has 1 aromatic carbocycles. The van der Waals surface area contributed by atoms with Gasteiger partial charge in [-0.15, -0.1) is 0 Å². The van der Waals surface area contributed by atoms with Gasteiger partial charge in [-0.3, -0.25) is 4.79 Å². The Morgan fingerprint density at radius 3 is 1.86 bits per heavy atom. The van der Waals surface area contributed by atoms with Crippen LogP contribution in [0.25, 0.3) is 11.3 Å². The van der Waals surface area contributed by atoms with E-state index in [1.54, 1.807) is 0 Å². The zero-order chi connectivity index (χ0) is 15.8. The van der Waals surface area contributed by atoms with Gasteiger partial charge in [-0.2, -0.15) is 26.3 Å². The molecule has 8 heteroatoms. The summed E-state index contributed by atoms with van der Waals surface area (Å²) in [5.41, 5.74) is -4.41. The Morgan fingerprint density at radius 1 is 0.810 bits per heavy atom. The van der Waals surface area contributed by atoms with E-state index in [4.69, 9.17) is 0 Å². The summed E-state index contributed by atoms with van der Waals surface area (Å²) in [7, 11) is 0. The van der Waals surface area contributed by atoms with Crippen molar-refractivity contribution in [2.75, 3.05) is 0 Å². The van der Waals surface area contributed by atoms with Crippen LogP contribution in [0.4, 0.5) is 26.3 Å². The van der Waals surface area contributed by atoms with Gasteiger partial charge in [-0.25, -0.2) is 0 Å². The highest BCUT2D eigenvalue weighted by molar-refractivity contribution is 5.64. The quantitative estimate of drug-likeness (QED) is 0.791. The lowest BCUT2D eigenvalue weighted by atomic mass is 10.0. The first-order valence-corrected chi connectivity index (χ1v) is 5.57. The number of aromatic amines is 1. The highest BCUT2D eigenvalue weighted by Crippen LogP contribution is 2.35. The Kier molecular flexibility index (Phi) is 3.56. The SMILES string of the molecule is O=c1cc[nH]c(-c2ccc(C(F)(F)F)cc2)c1C(F)(F)F. The van der Waals surface area contributed by atoms with E-state index in [1.165, 1.54) is 0 Å². The molecule has 0 bridgehead atoms. The van der Waals surface area contributed by atoms with E-state index >= 15 is 0 Å². The summed E-state index contributed by atoms with van der Waals surface area (Å²) < 4.78 is 75.8. The summed E-state index contributed by atoms with van der Waals surface area (Å²) in [5.74, 6) is 0. The molecule has 0 unspecified atom stereocenters. The monoisotopic (exact) mass is 307 g/mol. The maximum Gasteiger partial charge on any atom is 0.422 e. The Labute approximate surface area is 114 Å². The molecule has 0 radical (unpaired) electrons. The number of nitrogens with one attached hydrogen (secondary N) is 1. The number of H-pyrrole nitrogens is 1. The molecule has 0 saturated carbocycles. The van der Waals surface area contributed by atoms with Crippen LogP contribution in [0.15, 0.2) is 41.3 Å². The van der Waals surface area contributed by atoms with E-state index in [9.17, 15) is 31.1 Å². The van der Waals surface area contributed by atoms with Crippen LogP contribution in [0.1, 0.15) is 11.1 Å². The molecule has 0 aliphatic rings. The van der Waals surface area contributed by atoms with E-state index < -0.39 is 34.6 Å². The lowest BCUT2D eigenvalue weighted by Crippen LogP contribution is -2.20. The van der Waals surface area contributed by atoms with Crippen molar-refractivity contribution in [3.63, 3.8) is 0 Å². The van der Waals surface area contributed by atoms with Crippen molar-refractivity contribution in [3.05, 3.63) is 57.9 Å². The Morgan fingerprint density at radius 2 is 1.38 bits per heavy atom. The molecule has 1 heterocycles. The van der Waals surface area contributed by atoms with Crippen molar-refractivity contribution >= 4 is 0 Å². The zero-order valence-corrected chi connectivity index (χ0v) is 10.1. The topological polar surface area (TPSA) is 32.9 Å². The third kappa shape index (κ3) is 3.09. The number of benzene rings is 1. The molecule has 0 spiro atoms. The van der Waals surface area contributed by atoms with Gasteiger partial charge in [0.25, 0.3) is 0 Å². The van der Waals surface area contributed by atoms with E-state index in [0.717, 1.165) is 18.3 Å². The molecule has 0 fully saturated rings. The highest BCUT2D eigenvalue weighted by Gasteiger charge is 2.37. The lowest BCUT2D eigenvalue weighted by molar-refractivity contribution is -0.138. The van der Waals surface area contributed by atoms with Gasteiger partial charge in [0.2, 0.25) is 0 Å². The smallest absolute Gasteiger partial charge is 0.360 e. The first-order valence-electron chi connectivity index (χ1n) is 5.57. The molecular formula is C13H7F6NO. The van der Waals surface area contributed by atoms with Gasteiger partial charge in [-0.1, -0.05) is 12.1 Å². The van der Waals surface area contributed by atoms with Crippen molar-refractivity contribution in [2.24, 2.45) is 0 Å². The Hall–Kier alpha value is -2.25. The number of hydrogen-bond donors (Lipinski definition) is 1. The molecule has 0 aliphatic carbocycles. The zero-order valence-electron chi connectivity index (χ0n) is 10.1. The minimum atomic E-state index is -4.91. The molecule has 0 aliphatic heterocycles. The molecule has 2 nitrogen and oxygen atoms in total. The minimum absolute atomic E-state index is 0.159. The molecule has 0 atom stereocenters. The van der Waals surface area contributed by atoms with E-state index in [-0.39, 0.29) is 5.56 Å². The van der Waals surface area contributed by atoms with Crippen LogP contribution < -0.4 is 5.43 Å². The molecule has 21 heavy (non-hydrogen) atoms. The highest BCUT2D eigenvalue weighted by atomic mass is 19.4. The van der Waals surface area contributed by atoms with E-state index in [2.05, 4.69) is 4.98 Å². The minimum Gasteiger partial charge on any atom is -0.360 e. The van der Waals surface area contributed by atoms with Gasteiger partial charge in [-0.05, 0) is 17.7 Å². The normalized spacial score (nSPS) is 12.5. The van der Waals surface area contributed by atoms with Crippen LogP contribution >= 0.6 is 0 Å². The molecule has 112 valence electrons. The van der Waals surface area contributed by atoms with Crippen LogP contribution in [0.3, 0.4) is 0 Å². The van der Waals surface area contributed by atoms with Crippen molar-refractivity contribution in [3.8, 4) is 11.3 Å². The number of rotatable bonds is 1. The van der Waals surface area contributed by atoms with Crippen molar-refractivity contribution in [1.82, 2.24) is 4.98 Å². The number of halogens is 6. The third-order valence-electron chi connectivity index (χ3n) is 2.74. The van der Waals surface area contributed by atoms with Crippen LogP contribution in [-0.2, 0) is 12.4 Å². The van der Waals surface area contributed by atoms with Crippen molar-refractivity contribution in [1.29, 1.82) is 0 Å². The van der Waals surface area contributed by atoms with Gasteiger partial charge in [0.05, 0.1) is 11.3 Å². The number of alkyl halides is 6. The van der Waals surface area contributed by atoms with Gasteiger partial charge in [0.1, 0.15) is 5.56 Å². The van der Waals surface area contributed by atoms with Gasteiger partial charge < -0.3 is 4.98 Å². The van der Waals surface area contributed by atoms with Gasteiger partial charge >= 0.3 is 12.4 Å². The summed E-state index contributed by atoms with van der Waals surface area (Å²) in [6.07, 6.45) is -8.49. The van der Waals surface area contributed by atoms with Crippen molar-refractivity contribution < 1.29 is 26.3 Å². The Bertz CT molecular complexity index is 696. The number of hydrogen-bond acceptors (Lipinski definition) is 1. The molecule has 2 rings (SSSR count). The predicted octanol–water partition coefficient (Wildman–Crippen LogP) is 4.08. The first-order chi connectivity index (χ1) is 9.60. The molecular weight excluding hydrogens is 300 g/mol. The maximum atomic E-state index is 12.9. The second kappa shape index (κ2) is 4.94. The van der Waals surface area contributed by atoms with Gasteiger partial charge in [0.15, 0.2) is 5.43 Å². The molecule has 2 aromatic rings. The fourth-order valence-electron chi connectivity index (χ4n) is 1.81. The van der Waals surface area contributed by atoms with Gasteiger partial charge in [0, 0.05) is 12.3 Å². The summed E-state index contributed by atoms with van der Waals surface area (Å²) in [5, 5.41) is 0. The Balaban J connectivity index is 2.58. The summed E-state index contributed by atoms with van der Waals surface area (Å²) in [4.78, 5) is 13.6. The molecule has 0 amide bonds. The molecule has 0 saturated heterocycles. The first kappa shape index (κ1) is 15.1. The molecule has 1 N–H and O–H groups in total. The number of pyridine rings is 1. The summed E-state index contributed by atoms with van der Waals surface area (Å²) in [6, 6.07) is 3.77. The predicted molar refractivity (Wildman–Crippen MR) is 62.5 cm³/mol. The second-order valence-electron chi connectivity index (χ2n) is 4.16. The van der Waals surface area contributed by atoms with Crippen LogP contribution in [0.5, 0.6) is 0 Å². The van der Waals surface area contributed by atoms with Crippen LogP contribution in [0.2, 0.25) is 0 Å². The van der Waals surface area contributed by atoms with E-state index in [1.807, 2.05) is 0 Å². The summed E-state index contributed by atoms with van der Waals surface area (Å²) in [6.45, 7) is 0. The lowest BCUT2D eigenvalue weighted by Gasteiger charge is -2.12. The fraction of sp³-hybridized carbons (Fsp3) is 0.154. The van der Waals surface area contributed by atoms with E-state index in [0.29, 0.717) is 18.2 Å². The standard InChI is InChI=1S/C13H7F6NO/c14-12(15,16)8-3-1-7(2-4-8)11-10(13(17,18)19)9(21)5-6-20-11/h1-6H,(H,20,21). The largest absolute Gasteiger partial charge is 0.422 e. The fourth-order valence-corrected chi connectivity index (χ4v) is 1.81. The third-order valence-corrected chi connectivity index (χ3v) is 2.74. The second-order valence-corrected chi connectivity index (χ2v) is 4.16. The van der Waals surface area contributed by atoms with Crippen molar-refractivity contribution in [2.45, 2.75) is 12.4 Å².